The molecule has 4 nitrogen and oxygen atoms in total. The summed E-state index contributed by atoms with van der Waals surface area (Å²) in [4.78, 5) is 20.7. The van der Waals surface area contributed by atoms with Gasteiger partial charge in [0.15, 0.2) is 0 Å². The van der Waals surface area contributed by atoms with Gasteiger partial charge in [0.2, 0.25) is 0 Å². The van der Waals surface area contributed by atoms with E-state index in [0.29, 0.717) is 12.6 Å². The third-order valence-corrected chi connectivity index (χ3v) is 1.57. The Bertz CT molecular complexity index is 309. The molecule has 66 valence electrons. The van der Waals surface area contributed by atoms with E-state index in [4.69, 9.17) is 10.0 Å². The Hall–Kier alpha value is -1.46. The molecule has 13 heavy (non-hydrogen) atoms. The van der Waals surface area contributed by atoms with Crippen molar-refractivity contribution in [3.63, 3.8) is 0 Å². The Morgan fingerprint density at radius 1 is 1.00 bits per heavy atom. The summed E-state index contributed by atoms with van der Waals surface area (Å²) < 4.78 is 0. The molecule has 0 amide bonds. The van der Waals surface area contributed by atoms with Crippen LogP contribution in [0.4, 0.5) is 0 Å². The minimum atomic E-state index is -1.67. The molecular weight excluding hydrogens is 171 g/mol. The molecule has 0 aliphatic carbocycles. The third kappa shape index (κ3) is 2.24. The molecule has 0 unspecified atom stereocenters. The molecule has 0 saturated heterocycles. The van der Waals surface area contributed by atoms with Crippen LogP contribution in [0.5, 0.6) is 0 Å². The molecule has 0 bridgehead atoms. The summed E-state index contributed by atoms with van der Waals surface area (Å²) in [5.41, 5.74) is 0.618. The molecule has 0 spiro atoms. The number of carbonyl (C=O) groups is 2. The minimum absolute atomic E-state index is 0.131. The van der Waals surface area contributed by atoms with Gasteiger partial charge in [-0.05, 0) is 11.5 Å². The molecule has 2 N–H and O–H groups in total. The van der Waals surface area contributed by atoms with Gasteiger partial charge in [-0.15, -0.1) is 0 Å². The van der Waals surface area contributed by atoms with Crippen molar-refractivity contribution in [2.24, 2.45) is 0 Å². The first-order valence-electron chi connectivity index (χ1n) is 3.59. The van der Waals surface area contributed by atoms with Crippen LogP contribution in [0.2, 0.25) is 0 Å². The third-order valence-electron chi connectivity index (χ3n) is 1.57. The fraction of sp³-hybridized carbons (Fsp3) is 0. The van der Waals surface area contributed by atoms with Crippen LogP contribution in [0.15, 0.2) is 18.2 Å². The van der Waals surface area contributed by atoms with E-state index in [0.717, 1.165) is 0 Å². The first-order valence-corrected chi connectivity index (χ1v) is 3.59. The van der Waals surface area contributed by atoms with Crippen LogP contribution in [0, 0.1) is 0 Å². The van der Waals surface area contributed by atoms with Crippen LogP contribution in [-0.2, 0) is 0 Å². The van der Waals surface area contributed by atoms with Gasteiger partial charge in [-0.3, -0.25) is 9.59 Å². The zero-order valence-corrected chi connectivity index (χ0v) is 6.68. The van der Waals surface area contributed by atoms with Crippen LogP contribution in [0.3, 0.4) is 0 Å². The molecule has 0 atom stereocenters. The second-order valence-corrected chi connectivity index (χ2v) is 2.54. The highest BCUT2D eigenvalue weighted by molar-refractivity contribution is 6.58. The Kier molecular flexibility index (Phi) is 2.95. The summed E-state index contributed by atoms with van der Waals surface area (Å²) in [6.07, 6.45) is 1.08. The largest absolute Gasteiger partial charge is 0.488 e. The SMILES string of the molecule is O=Cc1cc(C=O)cc(B(O)O)c1. The normalized spacial score (nSPS) is 9.38. The van der Waals surface area contributed by atoms with Crippen molar-refractivity contribution in [1.29, 1.82) is 0 Å². The van der Waals surface area contributed by atoms with Crippen LogP contribution in [-0.4, -0.2) is 29.7 Å². The lowest BCUT2D eigenvalue weighted by Gasteiger charge is -2.01. The number of rotatable bonds is 3. The molecule has 1 aromatic carbocycles. The van der Waals surface area contributed by atoms with Gasteiger partial charge in [-0.1, -0.05) is 12.1 Å². The summed E-state index contributed by atoms with van der Waals surface area (Å²) in [7, 11) is -1.67. The molecule has 1 aromatic rings. The summed E-state index contributed by atoms with van der Waals surface area (Å²) in [5.74, 6) is 0. The van der Waals surface area contributed by atoms with Crippen molar-refractivity contribution < 1.29 is 19.6 Å². The minimum Gasteiger partial charge on any atom is -0.423 e. The molecule has 0 aliphatic rings. The van der Waals surface area contributed by atoms with E-state index in [2.05, 4.69) is 0 Å². The second kappa shape index (κ2) is 3.98. The maximum Gasteiger partial charge on any atom is 0.488 e. The molecule has 0 radical (unpaired) electrons. The van der Waals surface area contributed by atoms with E-state index >= 15 is 0 Å². The molecule has 0 saturated carbocycles. The molecule has 0 fully saturated rings. The van der Waals surface area contributed by atoms with Crippen molar-refractivity contribution in [1.82, 2.24) is 0 Å². The van der Waals surface area contributed by atoms with Gasteiger partial charge in [0.1, 0.15) is 12.6 Å². The predicted molar refractivity (Wildman–Crippen MR) is 47.0 cm³/mol. The average Bonchev–Trinajstić information content (AvgIpc) is 2.16. The fourth-order valence-corrected chi connectivity index (χ4v) is 0.988. The smallest absolute Gasteiger partial charge is 0.423 e. The summed E-state index contributed by atoms with van der Waals surface area (Å²) in [5, 5.41) is 17.6. The van der Waals surface area contributed by atoms with Crippen LogP contribution in [0.25, 0.3) is 0 Å². The number of benzene rings is 1. The van der Waals surface area contributed by atoms with Gasteiger partial charge in [0, 0.05) is 11.1 Å². The van der Waals surface area contributed by atoms with E-state index in [9.17, 15) is 9.59 Å². The van der Waals surface area contributed by atoms with E-state index in [1.807, 2.05) is 0 Å². The van der Waals surface area contributed by atoms with Crippen molar-refractivity contribution in [2.75, 3.05) is 0 Å². The molecule has 0 aromatic heterocycles. The van der Waals surface area contributed by atoms with E-state index < -0.39 is 7.12 Å². The van der Waals surface area contributed by atoms with Crippen molar-refractivity contribution in [2.45, 2.75) is 0 Å². The topological polar surface area (TPSA) is 74.6 Å². The summed E-state index contributed by atoms with van der Waals surface area (Å²) >= 11 is 0. The van der Waals surface area contributed by atoms with Crippen LogP contribution in [0.1, 0.15) is 20.7 Å². The highest BCUT2D eigenvalue weighted by Crippen LogP contribution is 1.99. The van der Waals surface area contributed by atoms with E-state index in [1.54, 1.807) is 0 Å². The lowest BCUT2D eigenvalue weighted by molar-refractivity contribution is 0.112. The lowest BCUT2D eigenvalue weighted by atomic mass is 9.79. The number of aldehydes is 2. The van der Waals surface area contributed by atoms with Gasteiger partial charge in [-0.25, -0.2) is 0 Å². The van der Waals surface area contributed by atoms with E-state index in [-0.39, 0.29) is 16.6 Å². The zero-order chi connectivity index (χ0) is 9.84. The van der Waals surface area contributed by atoms with Crippen molar-refractivity contribution in [3.05, 3.63) is 29.3 Å². The van der Waals surface area contributed by atoms with Gasteiger partial charge in [0.25, 0.3) is 0 Å². The lowest BCUT2D eigenvalue weighted by Crippen LogP contribution is -2.30. The molecular formula is C8H7BO4. The Morgan fingerprint density at radius 3 is 1.77 bits per heavy atom. The fourth-order valence-electron chi connectivity index (χ4n) is 0.988. The van der Waals surface area contributed by atoms with E-state index in [1.165, 1.54) is 18.2 Å². The maximum absolute atomic E-state index is 10.4. The van der Waals surface area contributed by atoms with Gasteiger partial charge in [-0.2, -0.15) is 0 Å². The van der Waals surface area contributed by atoms with Gasteiger partial charge < -0.3 is 10.0 Å². The molecule has 5 heteroatoms. The van der Waals surface area contributed by atoms with Crippen LogP contribution >= 0.6 is 0 Å². The first kappa shape index (κ1) is 9.63. The highest BCUT2D eigenvalue weighted by atomic mass is 16.4. The zero-order valence-electron chi connectivity index (χ0n) is 6.68. The Labute approximate surface area is 75.0 Å². The summed E-state index contributed by atoms with van der Waals surface area (Å²) in [6.45, 7) is 0. The Morgan fingerprint density at radius 2 is 1.46 bits per heavy atom. The Balaban J connectivity index is 3.22. The van der Waals surface area contributed by atoms with Crippen molar-refractivity contribution >= 4 is 25.2 Å². The highest BCUT2D eigenvalue weighted by Gasteiger charge is 2.12. The molecule has 0 aliphatic heterocycles. The average molecular weight is 178 g/mol. The quantitative estimate of drug-likeness (QED) is 0.459. The predicted octanol–water partition coefficient (Wildman–Crippen LogP) is -1.01. The first-order chi connectivity index (χ1) is 6.17. The van der Waals surface area contributed by atoms with Gasteiger partial charge >= 0.3 is 7.12 Å². The number of carbonyl (C=O) groups excluding carboxylic acids is 2. The van der Waals surface area contributed by atoms with Crippen molar-refractivity contribution in [3.8, 4) is 0 Å². The number of hydrogen-bond acceptors (Lipinski definition) is 4. The van der Waals surface area contributed by atoms with Crippen LogP contribution < -0.4 is 5.46 Å². The monoisotopic (exact) mass is 178 g/mol. The second-order valence-electron chi connectivity index (χ2n) is 2.54. The maximum atomic E-state index is 10.4. The standard InChI is InChI=1S/C8H7BO4/c10-4-6-1-7(5-11)3-8(2-6)9(12)13/h1-5,12-13H. The summed E-state index contributed by atoms with van der Waals surface area (Å²) in [6, 6.07) is 3.99. The molecule has 0 heterocycles. The van der Waals surface area contributed by atoms with Gasteiger partial charge in [0.05, 0.1) is 0 Å². The number of hydrogen-bond donors (Lipinski definition) is 2. The molecule has 1 rings (SSSR count).